The molecule has 86 valence electrons. The van der Waals surface area contributed by atoms with Gasteiger partial charge in [0.25, 0.3) is 0 Å². The Balaban J connectivity index is 1.96. The number of benzene rings is 1. The lowest BCUT2D eigenvalue weighted by molar-refractivity contribution is 0.446. The molecule has 0 spiro atoms. The first-order chi connectivity index (χ1) is 7.79. The molecule has 0 radical (unpaired) electrons. The average Bonchev–Trinajstić information content (AvgIpc) is 2.71. The molecule has 1 saturated heterocycles. The number of hydrogen-bond donors (Lipinski definition) is 1. The highest BCUT2D eigenvalue weighted by atomic mass is 35.5. The Morgan fingerprint density at radius 3 is 3.06 bits per heavy atom. The molecule has 2 nitrogen and oxygen atoms in total. The Hall–Kier alpha value is -0.730. The van der Waals surface area contributed by atoms with E-state index in [0.29, 0.717) is 12.0 Å². The molecule has 3 rings (SSSR count). The molecule has 2 unspecified atom stereocenters. The second-order valence-corrected chi connectivity index (χ2v) is 5.29. The van der Waals surface area contributed by atoms with Gasteiger partial charge < -0.3 is 10.6 Å². The summed E-state index contributed by atoms with van der Waals surface area (Å²) in [6.45, 7) is 1.98. The zero-order valence-corrected chi connectivity index (χ0v) is 10.1. The van der Waals surface area contributed by atoms with Gasteiger partial charge in [0, 0.05) is 23.3 Å². The zero-order valence-electron chi connectivity index (χ0n) is 9.32. The summed E-state index contributed by atoms with van der Waals surface area (Å²) in [5.41, 5.74) is 8.63. The highest BCUT2D eigenvalue weighted by Crippen LogP contribution is 2.39. The fourth-order valence-electron chi connectivity index (χ4n) is 3.22. The topological polar surface area (TPSA) is 29.3 Å². The molecular weight excluding hydrogens is 220 g/mol. The number of rotatable bonds is 1. The molecule has 16 heavy (non-hydrogen) atoms. The zero-order chi connectivity index (χ0) is 11.1. The minimum absolute atomic E-state index is 0.665. The van der Waals surface area contributed by atoms with Crippen LogP contribution in [-0.2, 0) is 6.42 Å². The first kappa shape index (κ1) is 10.4. The van der Waals surface area contributed by atoms with Crippen LogP contribution in [0.4, 0.5) is 5.69 Å². The van der Waals surface area contributed by atoms with Crippen LogP contribution in [0, 0.1) is 5.92 Å². The van der Waals surface area contributed by atoms with Crippen LogP contribution >= 0.6 is 11.6 Å². The van der Waals surface area contributed by atoms with Crippen molar-refractivity contribution in [3.8, 4) is 0 Å². The monoisotopic (exact) mass is 236 g/mol. The fourth-order valence-corrected chi connectivity index (χ4v) is 3.42. The maximum atomic E-state index is 6.04. The van der Waals surface area contributed by atoms with Gasteiger partial charge in [-0.1, -0.05) is 11.6 Å². The van der Waals surface area contributed by atoms with Crippen LogP contribution in [-0.4, -0.2) is 19.1 Å². The summed E-state index contributed by atoms with van der Waals surface area (Å²) in [5.74, 6) is 0.684. The fraction of sp³-hybridized carbons (Fsp3) is 0.538. The van der Waals surface area contributed by atoms with Crippen LogP contribution in [0.2, 0.25) is 5.02 Å². The van der Waals surface area contributed by atoms with E-state index >= 15 is 0 Å². The molecule has 2 heterocycles. The molecule has 3 heteroatoms. The summed E-state index contributed by atoms with van der Waals surface area (Å²) < 4.78 is 0. The van der Waals surface area contributed by atoms with E-state index in [1.54, 1.807) is 0 Å². The third-order valence-corrected chi connectivity index (χ3v) is 4.28. The van der Waals surface area contributed by atoms with Gasteiger partial charge in [-0.3, -0.25) is 0 Å². The minimum atomic E-state index is 0.665. The van der Waals surface area contributed by atoms with Gasteiger partial charge in [0.2, 0.25) is 0 Å². The first-order valence-corrected chi connectivity index (χ1v) is 6.42. The second kappa shape index (κ2) is 3.94. The van der Waals surface area contributed by atoms with Crippen molar-refractivity contribution in [1.82, 2.24) is 0 Å². The van der Waals surface area contributed by atoms with Crippen LogP contribution in [0.3, 0.4) is 0 Å². The molecule has 2 aliphatic heterocycles. The predicted molar refractivity (Wildman–Crippen MR) is 68.1 cm³/mol. The van der Waals surface area contributed by atoms with Crippen molar-refractivity contribution in [1.29, 1.82) is 0 Å². The lowest BCUT2D eigenvalue weighted by Crippen LogP contribution is -2.39. The van der Waals surface area contributed by atoms with Gasteiger partial charge in [0.1, 0.15) is 0 Å². The van der Waals surface area contributed by atoms with Gasteiger partial charge >= 0.3 is 0 Å². The maximum Gasteiger partial charge on any atom is 0.0410 e. The van der Waals surface area contributed by atoms with E-state index in [4.69, 9.17) is 17.3 Å². The van der Waals surface area contributed by atoms with Crippen molar-refractivity contribution >= 4 is 17.3 Å². The van der Waals surface area contributed by atoms with Gasteiger partial charge in [-0.15, -0.1) is 0 Å². The third kappa shape index (κ3) is 1.52. The van der Waals surface area contributed by atoms with E-state index < -0.39 is 0 Å². The normalized spacial score (nSPS) is 27.8. The molecule has 2 aliphatic rings. The minimum Gasteiger partial charge on any atom is -0.368 e. The van der Waals surface area contributed by atoms with Crippen LogP contribution in [0.5, 0.6) is 0 Å². The van der Waals surface area contributed by atoms with Crippen LogP contribution in [0.15, 0.2) is 18.2 Å². The third-order valence-electron chi connectivity index (χ3n) is 4.05. The molecule has 2 N–H and O–H groups in total. The van der Waals surface area contributed by atoms with E-state index in [2.05, 4.69) is 17.0 Å². The van der Waals surface area contributed by atoms with Crippen LogP contribution < -0.4 is 10.6 Å². The lowest BCUT2D eigenvalue weighted by Gasteiger charge is -2.35. The van der Waals surface area contributed by atoms with Gasteiger partial charge in [-0.25, -0.2) is 0 Å². The quantitative estimate of drug-likeness (QED) is 0.812. The van der Waals surface area contributed by atoms with Crippen molar-refractivity contribution in [2.75, 3.05) is 18.0 Å². The average molecular weight is 237 g/mol. The Bertz CT molecular complexity index is 405. The van der Waals surface area contributed by atoms with E-state index in [0.717, 1.165) is 24.5 Å². The van der Waals surface area contributed by atoms with Gasteiger partial charge in [0.05, 0.1) is 0 Å². The molecule has 1 aromatic rings. The summed E-state index contributed by atoms with van der Waals surface area (Å²) >= 11 is 6.04. The van der Waals surface area contributed by atoms with Crippen LogP contribution in [0.1, 0.15) is 18.4 Å². The molecule has 1 fully saturated rings. The maximum absolute atomic E-state index is 6.04. The van der Waals surface area contributed by atoms with Gasteiger partial charge in [-0.05, 0) is 55.5 Å². The van der Waals surface area contributed by atoms with Gasteiger partial charge in [0.15, 0.2) is 0 Å². The number of fused-ring (bicyclic) bond motifs is 3. The number of halogens is 1. The molecule has 0 bridgehead atoms. The number of nitrogens with two attached hydrogens (primary N) is 1. The highest BCUT2D eigenvalue weighted by Gasteiger charge is 2.36. The second-order valence-electron chi connectivity index (χ2n) is 4.86. The molecular formula is C13H17ClN2. The van der Waals surface area contributed by atoms with E-state index in [1.165, 1.54) is 24.1 Å². The predicted octanol–water partition coefficient (Wildman–Crippen LogP) is 2.44. The van der Waals surface area contributed by atoms with E-state index in [1.807, 2.05) is 6.07 Å². The molecule has 0 aromatic heterocycles. The summed E-state index contributed by atoms with van der Waals surface area (Å²) in [5, 5.41) is 0.853. The smallest absolute Gasteiger partial charge is 0.0410 e. The Kier molecular flexibility index (Phi) is 2.56. The largest absolute Gasteiger partial charge is 0.368 e. The lowest BCUT2D eigenvalue weighted by atomic mass is 9.90. The van der Waals surface area contributed by atoms with Gasteiger partial charge in [-0.2, -0.15) is 0 Å². The van der Waals surface area contributed by atoms with Crippen molar-refractivity contribution in [2.45, 2.75) is 25.3 Å². The number of nitrogens with zero attached hydrogens (tertiary/aromatic N) is 1. The standard InChI is InChI=1S/C13H17ClN2/c14-11-2-4-12-9(7-11)1-3-13-10(8-15)5-6-16(12)13/h2,4,7,10,13H,1,3,5-6,8,15H2. The molecule has 2 atom stereocenters. The van der Waals surface area contributed by atoms with Crippen molar-refractivity contribution in [3.05, 3.63) is 28.8 Å². The summed E-state index contributed by atoms with van der Waals surface area (Å²) in [6.07, 6.45) is 3.62. The Labute approximate surface area is 101 Å². The molecule has 0 amide bonds. The Morgan fingerprint density at radius 2 is 2.25 bits per heavy atom. The summed E-state index contributed by atoms with van der Waals surface area (Å²) in [7, 11) is 0. The summed E-state index contributed by atoms with van der Waals surface area (Å²) in [4.78, 5) is 2.53. The number of anilines is 1. The SMILES string of the molecule is NCC1CCN2c3ccc(Cl)cc3CCC12. The Morgan fingerprint density at radius 1 is 1.38 bits per heavy atom. The number of hydrogen-bond acceptors (Lipinski definition) is 2. The molecule has 0 saturated carbocycles. The molecule has 0 aliphatic carbocycles. The van der Waals surface area contributed by atoms with Crippen LogP contribution in [0.25, 0.3) is 0 Å². The van der Waals surface area contributed by atoms with Crippen molar-refractivity contribution in [3.63, 3.8) is 0 Å². The van der Waals surface area contributed by atoms with Crippen molar-refractivity contribution < 1.29 is 0 Å². The first-order valence-electron chi connectivity index (χ1n) is 6.04. The number of aryl methyl sites for hydroxylation is 1. The highest BCUT2D eigenvalue weighted by molar-refractivity contribution is 6.30. The van der Waals surface area contributed by atoms with Crippen molar-refractivity contribution in [2.24, 2.45) is 11.7 Å². The van der Waals surface area contributed by atoms with E-state index in [-0.39, 0.29) is 0 Å². The molecule has 1 aromatic carbocycles. The summed E-state index contributed by atoms with van der Waals surface area (Å²) in [6, 6.07) is 6.95. The van der Waals surface area contributed by atoms with E-state index in [9.17, 15) is 0 Å².